The zero-order chi connectivity index (χ0) is 17.5. The van der Waals surface area contributed by atoms with E-state index < -0.39 is 11.6 Å². The average Bonchev–Trinajstić information content (AvgIpc) is 2.44. The Morgan fingerprint density at radius 3 is 2.39 bits per heavy atom. The van der Waals surface area contributed by atoms with Gasteiger partial charge in [-0.3, -0.25) is 4.79 Å². The quantitative estimate of drug-likeness (QED) is 0.597. The summed E-state index contributed by atoms with van der Waals surface area (Å²) < 4.78 is 5.25. The zero-order valence-corrected chi connectivity index (χ0v) is 14.1. The molecule has 0 unspecified atom stereocenters. The van der Waals surface area contributed by atoms with Gasteiger partial charge in [-0.05, 0) is 39.7 Å². The molecule has 0 radical (unpaired) electrons. The van der Waals surface area contributed by atoms with Gasteiger partial charge in [-0.1, -0.05) is 36.4 Å². The van der Waals surface area contributed by atoms with E-state index in [2.05, 4.69) is 5.32 Å². The number of carboxylic acid groups (broad SMARTS) is 1. The molecule has 0 saturated carbocycles. The van der Waals surface area contributed by atoms with E-state index >= 15 is 0 Å². The monoisotopic (exact) mass is 319 g/mol. The Labute approximate surface area is 137 Å². The van der Waals surface area contributed by atoms with Crippen LogP contribution in [0.4, 0.5) is 0 Å². The van der Waals surface area contributed by atoms with E-state index in [1.165, 1.54) is 6.92 Å². The number of esters is 1. The number of nitrogens with one attached hydrogen (secondary N) is 1. The number of hydrogen-bond donors (Lipinski definition) is 2. The summed E-state index contributed by atoms with van der Waals surface area (Å²) in [6.07, 6.45) is 2.22. The fourth-order valence-corrected chi connectivity index (χ4v) is 2.02. The SMILES string of the molecule is C/C(=C\[C@H](Cc1ccccc1)NCC(=O)OC(C)(C)C)C(=O)O. The number of carbonyl (C=O) groups excluding carboxylic acids is 1. The lowest BCUT2D eigenvalue weighted by atomic mass is 10.0. The Hall–Kier alpha value is -2.14. The van der Waals surface area contributed by atoms with Gasteiger partial charge < -0.3 is 15.2 Å². The van der Waals surface area contributed by atoms with Crippen LogP contribution in [0.1, 0.15) is 33.3 Å². The molecule has 5 heteroatoms. The Bertz CT molecular complexity index is 558. The molecule has 0 bridgehead atoms. The topological polar surface area (TPSA) is 75.6 Å². The second-order valence-corrected chi connectivity index (χ2v) is 6.42. The molecule has 126 valence electrons. The van der Waals surface area contributed by atoms with Crippen molar-refractivity contribution in [3.05, 3.63) is 47.5 Å². The fourth-order valence-electron chi connectivity index (χ4n) is 2.02. The van der Waals surface area contributed by atoms with Crippen LogP contribution in [-0.4, -0.2) is 35.2 Å². The minimum Gasteiger partial charge on any atom is -0.478 e. The van der Waals surface area contributed by atoms with Crippen molar-refractivity contribution >= 4 is 11.9 Å². The van der Waals surface area contributed by atoms with Crippen LogP contribution < -0.4 is 5.32 Å². The van der Waals surface area contributed by atoms with Crippen molar-refractivity contribution in [1.29, 1.82) is 0 Å². The van der Waals surface area contributed by atoms with Gasteiger partial charge in [0.05, 0.1) is 6.54 Å². The molecule has 0 saturated heterocycles. The molecule has 1 atom stereocenters. The summed E-state index contributed by atoms with van der Waals surface area (Å²) in [4.78, 5) is 22.8. The second kappa shape index (κ2) is 8.48. The molecule has 5 nitrogen and oxygen atoms in total. The molecule has 0 aromatic heterocycles. The van der Waals surface area contributed by atoms with Gasteiger partial charge >= 0.3 is 11.9 Å². The van der Waals surface area contributed by atoms with Crippen molar-refractivity contribution in [1.82, 2.24) is 5.32 Å². The van der Waals surface area contributed by atoms with Gasteiger partial charge in [0.15, 0.2) is 0 Å². The first-order chi connectivity index (χ1) is 10.7. The standard InChI is InChI=1S/C18H25NO4/c1-13(17(21)22)10-15(11-14-8-6-5-7-9-14)19-12-16(20)23-18(2,3)4/h5-10,15,19H,11-12H2,1-4H3,(H,21,22)/b13-10+/t15-/m1/s1. The molecular formula is C18H25NO4. The molecule has 0 amide bonds. The molecule has 1 rings (SSSR count). The molecular weight excluding hydrogens is 294 g/mol. The number of benzene rings is 1. The van der Waals surface area contributed by atoms with E-state index in [-0.39, 0.29) is 24.1 Å². The molecule has 0 heterocycles. The maximum Gasteiger partial charge on any atom is 0.331 e. The van der Waals surface area contributed by atoms with Crippen molar-refractivity contribution in [2.75, 3.05) is 6.54 Å². The van der Waals surface area contributed by atoms with Gasteiger partial charge in [-0.15, -0.1) is 0 Å². The highest BCUT2D eigenvalue weighted by Crippen LogP contribution is 2.08. The third kappa shape index (κ3) is 8.16. The summed E-state index contributed by atoms with van der Waals surface area (Å²) >= 11 is 0. The summed E-state index contributed by atoms with van der Waals surface area (Å²) in [7, 11) is 0. The Balaban J connectivity index is 2.74. The van der Waals surface area contributed by atoms with Crippen LogP contribution in [0.5, 0.6) is 0 Å². The first kappa shape index (κ1) is 18.9. The first-order valence-electron chi connectivity index (χ1n) is 7.58. The first-order valence-corrected chi connectivity index (χ1v) is 7.58. The highest BCUT2D eigenvalue weighted by atomic mass is 16.6. The molecule has 1 aromatic carbocycles. The van der Waals surface area contributed by atoms with Crippen LogP contribution in [0.25, 0.3) is 0 Å². The number of ether oxygens (including phenoxy) is 1. The largest absolute Gasteiger partial charge is 0.478 e. The van der Waals surface area contributed by atoms with Crippen LogP contribution in [0.2, 0.25) is 0 Å². The fraction of sp³-hybridized carbons (Fsp3) is 0.444. The normalized spacial score (nSPS) is 13.5. The van der Waals surface area contributed by atoms with Gasteiger partial charge in [0.2, 0.25) is 0 Å². The highest BCUT2D eigenvalue weighted by Gasteiger charge is 2.17. The van der Waals surface area contributed by atoms with E-state index in [1.54, 1.807) is 26.8 Å². The summed E-state index contributed by atoms with van der Waals surface area (Å²) in [6, 6.07) is 9.44. The third-order valence-corrected chi connectivity index (χ3v) is 3.02. The molecule has 0 spiro atoms. The van der Waals surface area contributed by atoms with Gasteiger partial charge in [-0.25, -0.2) is 4.79 Å². The van der Waals surface area contributed by atoms with Gasteiger partial charge in [-0.2, -0.15) is 0 Å². The smallest absolute Gasteiger partial charge is 0.331 e. The van der Waals surface area contributed by atoms with Crippen molar-refractivity contribution in [3.63, 3.8) is 0 Å². The molecule has 23 heavy (non-hydrogen) atoms. The van der Waals surface area contributed by atoms with Crippen molar-refractivity contribution in [2.45, 2.75) is 45.8 Å². The maximum absolute atomic E-state index is 11.8. The van der Waals surface area contributed by atoms with Crippen molar-refractivity contribution in [3.8, 4) is 0 Å². The van der Waals surface area contributed by atoms with E-state index in [1.807, 2.05) is 30.3 Å². The lowest BCUT2D eigenvalue weighted by Gasteiger charge is -2.21. The number of rotatable bonds is 7. The van der Waals surface area contributed by atoms with E-state index in [4.69, 9.17) is 9.84 Å². The van der Waals surface area contributed by atoms with Crippen molar-refractivity contribution in [2.24, 2.45) is 0 Å². The third-order valence-electron chi connectivity index (χ3n) is 3.02. The Morgan fingerprint density at radius 2 is 1.87 bits per heavy atom. The number of hydrogen-bond acceptors (Lipinski definition) is 4. The second-order valence-electron chi connectivity index (χ2n) is 6.42. The Morgan fingerprint density at radius 1 is 1.26 bits per heavy atom. The lowest BCUT2D eigenvalue weighted by Crippen LogP contribution is -2.37. The molecule has 1 aromatic rings. The summed E-state index contributed by atoms with van der Waals surface area (Å²) in [5.41, 5.74) is 0.756. The van der Waals surface area contributed by atoms with E-state index in [0.717, 1.165) is 5.56 Å². The van der Waals surface area contributed by atoms with Gasteiger partial charge in [0, 0.05) is 11.6 Å². The van der Waals surface area contributed by atoms with E-state index in [0.29, 0.717) is 6.42 Å². The minimum absolute atomic E-state index is 0.0260. The lowest BCUT2D eigenvalue weighted by molar-refractivity contribution is -0.153. The minimum atomic E-state index is -0.970. The molecule has 2 N–H and O–H groups in total. The predicted molar refractivity (Wildman–Crippen MR) is 89.2 cm³/mol. The predicted octanol–water partition coefficient (Wildman–Crippen LogP) is 2.56. The number of carboxylic acids is 1. The van der Waals surface area contributed by atoms with E-state index in [9.17, 15) is 9.59 Å². The van der Waals surface area contributed by atoms with Crippen LogP contribution >= 0.6 is 0 Å². The molecule has 0 aliphatic carbocycles. The molecule has 0 aliphatic heterocycles. The van der Waals surface area contributed by atoms with Gasteiger partial charge in [0.25, 0.3) is 0 Å². The molecule has 0 fully saturated rings. The van der Waals surface area contributed by atoms with Gasteiger partial charge in [0.1, 0.15) is 5.60 Å². The summed E-state index contributed by atoms with van der Waals surface area (Å²) in [6.45, 7) is 6.98. The number of carbonyl (C=O) groups is 2. The average molecular weight is 319 g/mol. The van der Waals surface area contributed by atoms with Crippen molar-refractivity contribution < 1.29 is 19.4 Å². The summed E-state index contributed by atoms with van der Waals surface area (Å²) in [5.74, 6) is -1.33. The van der Waals surface area contributed by atoms with Crippen LogP contribution in [0, 0.1) is 0 Å². The van der Waals surface area contributed by atoms with Crippen LogP contribution in [-0.2, 0) is 20.7 Å². The van der Waals surface area contributed by atoms with Crippen LogP contribution in [0.15, 0.2) is 42.0 Å². The zero-order valence-electron chi connectivity index (χ0n) is 14.1. The number of aliphatic carboxylic acids is 1. The summed E-state index contributed by atoms with van der Waals surface area (Å²) in [5, 5.41) is 12.1. The highest BCUT2D eigenvalue weighted by molar-refractivity contribution is 5.85. The van der Waals surface area contributed by atoms with Crippen LogP contribution in [0.3, 0.4) is 0 Å². The molecule has 0 aliphatic rings. The Kier molecular flexibility index (Phi) is 6.97. The maximum atomic E-state index is 11.8.